The van der Waals surface area contributed by atoms with Gasteiger partial charge in [0.15, 0.2) is 0 Å². The summed E-state index contributed by atoms with van der Waals surface area (Å²) in [5.74, 6) is 0.729. The van der Waals surface area contributed by atoms with Crippen LogP contribution in [0.3, 0.4) is 0 Å². The quantitative estimate of drug-likeness (QED) is 0.720. The van der Waals surface area contributed by atoms with Crippen molar-refractivity contribution in [2.75, 3.05) is 51.4 Å². The number of hydrogen-bond acceptors (Lipinski definition) is 4. The van der Waals surface area contributed by atoms with Crippen molar-refractivity contribution in [3.05, 3.63) is 59.1 Å². The number of nitrogens with one attached hydrogen (secondary N) is 1. The van der Waals surface area contributed by atoms with E-state index < -0.39 is 0 Å². The van der Waals surface area contributed by atoms with Gasteiger partial charge in [0.1, 0.15) is 12.4 Å². The summed E-state index contributed by atoms with van der Waals surface area (Å²) in [6.07, 6.45) is 0. The molecule has 0 atom stereocenters. The molecule has 0 aromatic heterocycles. The minimum absolute atomic E-state index is 0.128. The standard InChI is InChI=1S/C21H26ClN3O3/c1-24(21(26)23-10-13-28-20-8-4-18(22)5-9-20)16-17-2-6-19(7-3-17)25-11-14-27-15-12-25/h2-9H,10-16H2,1H3,(H,23,26). The highest BCUT2D eigenvalue weighted by molar-refractivity contribution is 6.30. The SMILES string of the molecule is CN(Cc1ccc(N2CCOCC2)cc1)C(=O)NCCOc1ccc(Cl)cc1. The predicted octanol–water partition coefficient (Wildman–Crippen LogP) is 3.40. The summed E-state index contributed by atoms with van der Waals surface area (Å²) in [4.78, 5) is 16.2. The van der Waals surface area contributed by atoms with Crippen molar-refractivity contribution in [3.8, 4) is 5.75 Å². The Hall–Kier alpha value is -2.44. The molecule has 1 fully saturated rings. The van der Waals surface area contributed by atoms with Gasteiger partial charge in [-0.15, -0.1) is 0 Å². The maximum absolute atomic E-state index is 12.2. The number of amides is 2. The molecule has 0 unspecified atom stereocenters. The van der Waals surface area contributed by atoms with Gasteiger partial charge in [0.05, 0.1) is 19.8 Å². The number of morpholine rings is 1. The fourth-order valence-electron chi connectivity index (χ4n) is 2.97. The maximum atomic E-state index is 12.2. The summed E-state index contributed by atoms with van der Waals surface area (Å²) in [5, 5.41) is 3.53. The van der Waals surface area contributed by atoms with E-state index in [-0.39, 0.29) is 6.03 Å². The number of carbonyl (C=O) groups is 1. The molecule has 0 saturated carbocycles. The van der Waals surface area contributed by atoms with Crippen LogP contribution in [-0.2, 0) is 11.3 Å². The average Bonchev–Trinajstić information content (AvgIpc) is 2.73. The van der Waals surface area contributed by atoms with E-state index in [9.17, 15) is 4.79 Å². The van der Waals surface area contributed by atoms with Gasteiger partial charge in [-0.3, -0.25) is 0 Å². The highest BCUT2D eigenvalue weighted by Crippen LogP contribution is 2.17. The lowest BCUT2D eigenvalue weighted by molar-refractivity contribution is 0.122. The minimum Gasteiger partial charge on any atom is -0.492 e. The molecule has 0 radical (unpaired) electrons. The Morgan fingerprint density at radius 1 is 1.14 bits per heavy atom. The van der Waals surface area contributed by atoms with Crippen LogP contribution < -0.4 is 15.0 Å². The van der Waals surface area contributed by atoms with Gasteiger partial charge >= 0.3 is 6.03 Å². The molecule has 2 amide bonds. The molecule has 0 spiro atoms. The molecule has 1 heterocycles. The number of hydrogen-bond donors (Lipinski definition) is 1. The van der Waals surface area contributed by atoms with Crippen molar-refractivity contribution in [2.45, 2.75) is 6.54 Å². The third-order valence-electron chi connectivity index (χ3n) is 4.54. The molecule has 7 heteroatoms. The Morgan fingerprint density at radius 3 is 2.50 bits per heavy atom. The summed E-state index contributed by atoms with van der Waals surface area (Å²) in [6.45, 7) is 4.75. The van der Waals surface area contributed by atoms with E-state index in [1.165, 1.54) is 5.69 Å². The second kappa shape index (κ2) is 10.2. The normalized spacial score (nSPS) is 13.9. The molecule has 0 bridgehead atoms. The third kappa shape index (κ3) is 6.04. The van der Waals surface area contributed by atoms with E-state index in [0.29, 0.717) is 24.7 Å². The zero-order valence-corrected chi connectivity index (χ0v) is 16.8. The summed E-state index contributed by atoms with van der Waals surface area (Å²) in [5.41, 5.74) is 2.28. The number of urea groups is 1. The molecule has 6 nitrogen and oxygen atoms in total. The summed E-state index contributed by atoms with van der Waals surface area (Å²) >= 11 is 5.84. The fourth-order valence-corrected chi connectivity index (χ4v) is 3.10. The molecule has 1 saturated heterocycles. The topological polar surface area (TPSA) is 54.0 Å². The van der Waals surface area contributed by atoms with Crippen molar-refractivity contribution < 1.29 is 14.3 Å². The van der Waals surface area contributed by atoms with Crippen LogP contribution in [0, 0.1) is 0 Å². The average molecular weight is 404 g/mol. The van der Waals surface area contributed by atoms with Crippen molar-refractivity contribution in [1.29, 1.82) is 0 Å². The lowest BCUT2D eigenvalue weighted by Gasteiger charge is -2.29. The van der Waals surface area contributed by atoms with Gasteiger partial charge < -0.3 is 24.6 Å². The van der Waals surface area contributed by atoms with Gasteiger partial charge in [-0.25, -0.2) is 4.79 Å². The Balaban J connectivity index is 1.39. The molecule has 2 aromatic carbocycles. The van der Waals surface area contributed by atoms with Gasteiger partial charge in [0.25, 0.3) is 0 Å². The van der Waals surface area contributed by atoms with E-state index in [0.717, 1.165) is 37.6 Å². The first kappa shape index (κ1) is 20.3. The van der Waals surface area contributed by atoms with Crippen LogP contribution >= 0.6 is 11.6 Å². The Morgan fingerprint density at radius 2 is 1.82 bits per heavy atom. The monoisotopic (exact) mass is 403 g/mol. The van der Waals surface area contributed by atoms with Crippen LogP contribution in [0.2, 0.25) is 5.02 Å². The van der Waals surface area contributed by atoms with Crippen LogP contribution in [0.25, 0.3) is 0 Å². The molecule has 1 N–H and O–H groups in total. The van der Waals surface area contributed by atoms with Crippen LogP contribution in [0.4, 0.5) is 10.5 Å². The number of rotatable bonds is 7. The molecular formula is C21H26ClN3O3. The van der Waals surface area contributed by atoms with Crippen LogP contribution in [0.1, 0.15) is 5.56 Å². The number of anilines is 1. The Labute approximate surface area is 171 Å². The first-order chi connectivity index (χ1) is 13.6. The molecule has 2 aromatic rings. The van der Waals surface area contributed by atoms with Crippen molar-refractivity contribution in [3.63, 3.8) is 0 Å². The van der Waals surface area contributed by atoms with Crippen LogP contribution in [0.15, 0.2) is 48.5 Å². The van der Waals surface area contributed by atoms with Crippen molar-refractivity contribution >= 4 is 23.3 Å². The zero-order chi connectivity index (χ0) is 19.8. The van der Waals surface area contributed by atoms with Gasteiger partial charge in [-0.05, 0) is 42.0 Å². The second-order valence-corrected chi connectivity index (χ2v) is 7.09. The van der Waals surface area contributed by atoms with Crippen molar-refractivity contribution in [2.24, 2.45) is 0 Å². The van der Waals surface area contributed by atoms with Crippen molar-refractivity contribution in [1.82, 2.24) is 10.2 Å². The molecule has 1 aliphatic heterocycles. The lowest BCUT2D eigenvalue weighted by Crippen LogP contribution is -2.38. The smallest absolute Gasteiger partial charge is 0.317 e. The molecule has 28 heavy (non-hydrogen) atoms. The number of benzene rings is 2. The molecule has 3 rings (SSSR count). The van der Waals surface area contributed by atoms with Gasteiger partial charge in [0, 0.05) is 37.4 Å². The molecule has 150 valence electrons. The van der Waals surface area contributed by atoms with Gasteiger partial charge in [0.2, 0.25) is 0 Å². The fraction of sp³-hybridized carbons (Fsp3) is 0.381. The molecule has 1 aliphatic rings. The largest absolute Gasteiger partial charge is 0.492 e. The van der Waals surface area contributed by atoms with Gasteiger partial charge in [-0.1, -0.05) is 23.7 Å². The Bertz CT molecular complexity index is 746. The number of nitrogens with zero attached hydrogens (tertiary/aromatic N) is 2. The van der Waals surface area contributed by atoms with Crippen LogP contribution in [0.5, 0.6) is 5.75 Å². The summed E-state index contributed by atoms with van der Waals surface area (Å²) < 4.78 is 11.0. The maximum Gasteiger partial charge on any atom is 0.317 e. The van der Waals surface area contributed by atoms with Crippen LogP contribution in [-0.4, -0.2) is 57.4 Å². The first-order valence-electron chi connectivity index (χ1n) is 9.41. The van der Waals surface area contributed by atoms with E-state index in [2.05, 4.69) is 34.5 Å². The molecular weight excluding hydrogens is 378 g/mol. The number of ether oxygens (including phenoxy) is 2. The highest BCUT2D eigenvalue weighted by atomic mass is 35.5. The zero-order valence-electron chi connectivity index (χ0n) is 16.1. The second-order valence-electron chi connectivity index (χ2n) is 6.66. The third-order valence-corrected chi connectivity index (χ3v) is 4.79. The number of halogens is 1. The van der Waals surface area contributed by atoms with E-state index in [4.69, 9.17) is 21.1 Å². The van der Waals surface area contributed by atoms with E-state index in [1.54, 1.807) is 36.2 Å². The first-order valence-corrected chi connectivity index (χ1v) is 9.78. The van der Waals surface area contributed by atoms with E-state index >= 15 is 0 Å². The summed E-state index contributed by atoms with van der Waals surface area (Å²) in [7, 11) is 1.78. The molecule has 0 aliphatic carbocycles. The number of carbonyl (C=O) groups excluding carboxylic acids is 1. The Kier molecular flexibility index (Phi) is 7.39. The highest BCUT2D eigenvalue weighted by Gasteiger charge is 2.12. The predicted molar refractivity (Wildman–Crippen MR) is 111 cm³/mol. The lowest BCUT2D eigenvalue weighted by atomic mass is 10.2. The van der Waals surface area contributed by atoms with E-state index in [1.807, 2.05) is 0 Å². The summed E-state index contributed by atoms with van der Waals surface area (Å²) in [6, 6.07) is 15.4. The minimum atomic E-state index is -0.128. The van der Waals surface area contributed by atoms with Gasteiger partial charge in [-0.2, -0.15) is 0 Å².